The Labute approximate surface area is 105 Å². The second-order valence-electron chi connectivity index (χ2n) is 3.26. The molecule has 0 aromatic carbocycles. The van der Waals surface area contributed by atoms with Crippen molar-refractivity contribution in [2.24, 2.45) is 0 Å². The van der Waals surface area contributed by atoms with Gasteiger partial charge in [0.15, 0.2) is 0 Å². The number of thiophene rings is 1. The fourth-order valence-corrected chi connectivity index (χ4v) is 3.06. The molecule has 1 atom stereocenters. The lowest BCUT2D eigenvalue weighted by Gasteiger charge is -2.15. The Bertz CT molecular complexity index is 304. The van der Waals surface area contributed by atoms with Crippen molar-refractivity contribution >= 4 is 34.5 Å². The average Bonchev–Trinajstić information content (AvgIpc) is 2.53. The summed E-state index contributed by atoms with van der Waals surface area (Å²) in [5.41, 5.74) is 1.09. The summed E-state index contributed by atoms with van der Waals surface area (Å²) in [5, 5.41) is 3.24. The number of methoxy groups -OCH3 is 1. The zero-order valence-corrected chi connectivity index (χ0v) is 11.2. The highest BCUT2D eigenvalue weighted by molar-refractivity contribution is 7.20. The molecule has 1 rings (SSSR count). The number of nitrogens with one attached hydrogen (secondary N) is 1. The Morgan fingerprint density at radius 1 is 1.53 bits per heavy atom. The minimum absolute atomic E-state index is 0.261. The van der Waals surface area contributed by atoms with Gasteiger partial charge in [0, 0.05) is 25.3 Å². The summed E-state index contributed by atoms with van der Waals surface area (Å²) in [6.07, 6.45) is 2.00. The molecular formula is C10H15Cl2NOS. The molecule has 2 nitrogen and oxygen atoms in total. The van der Waals surface area contributed by atoms with Crippen molar-refractivity contribution in [3.8, 4) is 0 Å². The first-order valence-electron chi connectivity index (χ1n) is 4.80. The molecule has 5 heteroatoms. The minimum Gasteiger partial charge on any atom is -0.385 e. The van der Waals surface area contributed by atoms with Crippen LogP contribution in [-0.2, 0) is 4.74 Å². The van der Waals surface area contributed by atoms with Crippen LogP contribution in [0.3, 0.4) is 0 Å². The van der Waals surface area contributed by atoms with Crippen molar-refractivity contribution in [1.82, 2.24) is 5.32 Å². The smallest absolute Gasteiger partial charge is 0.0991 e. The molecular weight excluding hydrogens is 253 g/mol. The van der Waals surface area contributed by atoms with Gasteiger partial charge in [-0.3, -0.25) is 0 Å². The molecule has 1 unspecified atom stereocenters. The average molecular weight is 268 g/mol. The van der Waals surface area contributed by atoms with E-state index in [0.29, 0.717) is 0 Å². The standard InChI is InChI=1S/C10H15Cl2NOS/c1-13-8(4-3-5-14-2)7-6-9(11)15-10(7)12/h6,8,13H,3-5H2,1-2H3. The van der Waals surface area contributed by atoms with E-state index in [1.807, 2.05) is 13.1 Å². The summed E-state index contributed by atoms with van der Waals surface area (Å²) >= 11 is 13.4. The zero-order chi connectivity index (χ0) is 11.3. The summed E-state index contributed by atoms with van der Waals surface area (Å²) in [6, 6.07) is 2.19. The van der Waals surface area contributed by atoms with Crippen molar-refractivity contribution in [1.29, 1.82) is 0 Å². The summed E-state index contributed by atoms with van der Waals surface area (Å²) in [7, 11) is 3.64. The normalized spacial score (nSPS) is 13.1. The molecule has 0 saturated carbocycles. The van der Waals surface area contributed by atoms with Gasteiger partial charge in [0.1, 0.15) is 0 Å². The largest absolute Gasteiger partial charge is 0.385 e. The van der Waals surface area contributed by atoms with Crippen LogP contribution in [0, 0.1) is 0 Å². The van der Waals surface area contributed by atoms with Crippen LogP contribution >= 0.6 is 34.5 Å². The summed E-state index contributed by atoms with van der Waals surface area (Å²) < 4.78 is 6.54. The number of hydrogen-bond donors (Lipinski definition) is 1. The van der Waals surface area contributed by atoms with Gasteiger partial charge in [-0.25, -0.2) is 0 Å². The van der Waals surface area contributed by atoms with Crippen LogP contribution in [-0.4, -0.2) is 20.8 Å². The topological polar surface area (TPSA) is 21.3 Å². The first kappa shape index (κ1) is 13.3. The van der Waals surface area contributed by atoms with Crippen LogP contribution in [0.25, 0.3) is 0 Å². The highest BCUT2D eigenvalue weighted by Gasteiger charge is 2.15. The van der Waals surface area contributed by atoms with Crippen LogP contribution in [0.2, 0.25) is 8.67 Å². The molecule has 0 aliphatic rings. The molecule has 1 heterocycles. The summed E-state index contributed by atoms with van der Waals surface area (Å²) in [5.74, 6) is 0. The minimum atomic E-state index is 0.261. The van der Waals surface area contributed by atoms with E-state index >= 15 is 0 Å². The fourth-order valence-electron chi connectivity index (χ4n) is 1.48. The molecule has 0 saturated heterocycles. The maximum Gasteiger partial charge on any atom is 0.0991 e. The Kier molecular flexibility index (Phi) is 5.94. The van der Waals surface area contributed by atoms with E-state index in [1.165, 1.54) is 11.3 Å². The first-order chi connectivity index (χ1) is 7.19. The van der Waals surface area contributed by atoms with Gasteiger partial charge in [-0.2, -0.15) is 0 Å². The highest BCUT2D eigenvalue weighted by atomic mass is 35.5. The van der Waals surface area contributed by atoms with Gasteiger partial charge in [-0.15, -0.1) is 11.3 Å². The van der Waals surface area contributed by atoms with E-state index in [2.05, 4.69) is 5.32 Å². The summed E-state index contributed by atoms with van der Waals surface area (Å²) in [4.78, 5) is 0. The van der Waals surface area contributed by atoms with Crippen molar-refractivity contribution in [2.75, 3.05) is 20.8 Å². The second kappa shape index (κ2) is 6.71. The lowest BCUT2D eigenvalue weighted by Crippen LogP contribution is -2.16. The maximum atomic E-state index is 6.09. The van der Waals surface area contributed by atoms with Crippen LogP contribution in [0.15, 0.2) is 6.07 Å². The predicted molar refractivity (Wildman–Crippen MR) is 67.2 cm³/mol. The molecule has 0 fully saturated rings. The molecule has 0 aliphatic carbocycles. The SMILES string of the molecule is CNC(CCCOC)c1cc(Cl)sc1Cl. The summed E-state index contributed by atoms with van der Waals surface area (Å²) in [6.45, 7) is 0.771. The zero-order valence-electron chi connectivity index (χ0n) is 8.85. The van der Waals surface area contributed by atoms with Crippen LogP contribution in [0.5, 0.6) is 0 Å². The van der Waals surface area contributed by atoms with Gasteiger partial charge in [-0.05, 0) is 26.0 Å². The van der Waals surface area contributed by atoms with Gasteiger partial charge in [0.05, 0.1) is 8.67 Å². The van der Waals surface area contributed by atoms with Crippen LogP contribution < -0.4 is 5.32 Å². The molecule has 0 spiro atoms. The molecule has 0 radical (unpaired) electrons. The third-order valence-electron chi connectivity index (χ3n) is 2.25. The third-order valence-corrected chi connectivity index (χ3v) is 3.77. The molecule has 0 bridgehead atoms. The lowest BCUT2D eigenvalue weighted by atomic mass is 10.1. The molecule has 1 aromatic heterocycles. The van der Waals surface area contributed by atoms with Gasteiger partial charge >= 0.3 is 0 Å². The molecule has 0 aliphatic heterocycles. The second-order valence-corrected chi connectivity index (χ2v) is 5.54. The van der Waals surface area contributed by atoms with Gasteiger partial charge < -0.3 is 10.1 Å². The van der Waals surface area contributed by atoms with E-state index in [0.717, 1.165) is 33.7 Å². The molecule has 15 heavy (non-hydrogen) atoms. The van der Waals surface area contributed by atoms with Crippen molar-refractivity contribution in [3.63, 3.8) is 0 Å². The number of hydrogen-bond acceptors (Lipinski definition) is 3. The van der Waals surface area contributed by atoms with Crippen molar-refractivity contribution in [2.45, 2.75) is 18.9 Å². The Balaban J connectivity index is 2.61. The third kappa shape index (κ3) is 3.93. The van der Waals surface area contributed by atoms with E-state index in [4.69, 9.17) is 27.9 Å². The first-order valence-corrected chi connectivity index (χ1v) is 6.37. The fraction of sp³-hybridized carbons (Fsp3) is 0.600. The van der Waals surface area contributed by atoms with Gasteiger partial charge in [0.25, 0.3) is 0 Å². The van der Waals surface area contributed by atoms with E-state index in [1.54, 1.807) is 7.11 Å². The van der Waals surface area contributed by atoms with Crippen LogP contribution in [0.1, 0.15) is 24.4 Å². The maximum absolute atomic E-state index is 6.09. The van der Waals surface area contributed by atoms with E-state index in [-0.39, 0.29) is 6.04 Å². The number of ether oxygens (including phenoxy) is 1. The van der Waals surface area contributed by atoms with Gasteiger partial charge in [0.2, 0.25) is 0 Å². The molecule has 1 aromatic rings. The number of halogens is 2. The Morgan fingerprint density at radius 3 is 2.73 bits per heavy atom. The monoisotopic (exact) mass is 267 g/mol. The Morgan fingerprint density at radius 2 is 2.27 bits per heavy atom. The van der Waals surface area contributed by atoms with E-state index < -0.39 is 0 Å². The molecule has 1 N–H and O–H groups in total. The highest BCUT2D eigenvalue weighted by Crippen LogP contribution is 2.36. The van der Waals surface area contributed by atoms with Gasteiger partial charge in [-0.1, -0.05) is 23.2 Å². The molecule has 0 amide bonds. The lowest BCUT2D eigenvalue weighted by molar-refractivity contribution is 0.189. The quantitative estimate of drug-likeness (QED) is 0.793. The van der Waals surface area contributed by atoms with Crippen LogP contribution in [0.4, 0.5) is 0 Å². The van der Waals surface area contributed by atoms with E-state index in [9.17, 15) is 0 Å². The predicted octanol–water partition coefficient (Wildman–Crippen LogP) is 3.74. The van der Waals surface area contributed by atoms with Crippen molar-refractivity contribution in [3.05, 3.63) is 20.3 Å². The number of rotatable bonds is 6. The van der Waals surface area contributed by atoms with Crippen molar-refractivity contribution < 1.29 is 4.74 Å². The Hall–Kier alpha value is 0.200. The molecule has 86 valence electrons.